The topological polar surface area (TPSA) is 89.6 Å². The van der Waals surface area contributed by atoms with Gasteiger partial charge in [-0.2, -0.15) is 0 Å². The highest BCUT2D eigenvalue weighted by atomic mass is 32.2. The van der Waals surface area contributed by atoms with Crippen LogP contribution in [0.15, 0.2) is 34.5 Å². The van der Waals surface area contributed by atoms with Gasteiger partial charge < -0.3 is 5.73 Å². The van der Waals surface area contributed by atoms with Crippen LogP contribution in [0.5, 0.6) is 0 Å². The summed E-state index contributed by atoms with van der Waals surface area (Å²) >= 11 is 1.48. The van der Waals surface area contributed by atoms with Gasteiger partial charge in [-0.25, -0.2) is 9.89 Å². The molecular weight excluding hydrogens is 262 g/mol. The minimum Gasteiger partial charge on any atom is -0.326 e. The third kappa shape index (κ3) is 3.05. The molecule has 2 aromatic heterocycles. The summed E-state index contributed by atoms with van der Waals surface area (Å²) in [5.74, 6) is 0. The van der Waals surface area contributed by atoms with Crippen LogP contribution in [-0.2, 0) is 7.05 Å². The van der Waals surface area contributed by atoms with E-state index in [9.17, 15) is 4.79 Å². The van der Waals surface area contributed by atoms with Gasteiger partial charge in [0, 0.05) is 25.5 Å². The van der Waals surface area contributed by atoms with E-state index in [2.05, 4.69) is 15.2 Å². The number of thioether (sulfide) groups is 1. The standard InChI is InChI=1S/C12H17N5OS/c1-3-9(13)10(8-5-4-6-14-7-8)19-12-16-15-11(18)17(12)2/h4-7,9-10H,3,13H2,1-2H3,(H,15,18). The lowest BCUT2D eigenvalue weighted by molar-refractivity contribution is 0.628. The van der Waals surface area contributed by atoms with Crippen LogP contribution < -0.4 is 11.4 Å². The molecule has 0 aromatic carbocycles. The lowest BCUT2D eigenvalue weighted by Gasteiger charge is -2.21. The van der Waals surface area contributed by atoms with Crippen molar-refractivity contribution < 1.29 is 0 Å². The fourth-order valence-electron chi connectivity index (χ4n) is 1.71. The minimum atomic E-state index is -0.225. The van der Waals surface area contributed by atoms with Crippen LogP contribution >= 0.6 is 11.8 Å². The fourth-order valence-corrected chi connectivity index (χ4v) is 2.92. The molecule has 0 spiro atoms. The van der Waals surface area contributed by atoms with Gasteiger partial charge in [0.1, 0.15) is 0 Å². The Morgan fingerprint density at radius 2 is 2.37 bits per heavy atom. The Morgan fingerprint density at radius 1 is 1.58 bits per heavy atom. The van der Waals surface area contributed by atoms with E-state index < -0.39 is 0 Å². The molecule has 2 heterocycles. The molecule has 2 rings (SSSR count). The van der Waals surface area contributed by atoms with Crippen molar-refractivity contribution in [2.24, 2.45) is 12.8 Å². The Bertz CT molecular complexity index is 579. The number of pyridine rings is 1. The predicted molar refractivity (Wildman–Crippen MR) is 74.9 cm³/mol. The van der Waals surface area contributed by atoms with Crippen LogP contribution in [0.2, 0.25) is 0 Å². The molecule has 0 bridgehead atoms. The van der Waals surface area contributed by atoms with Crippen molar-refractivity contribution in [1.29, 1.82) is 0 Å². The Hall–Kier alpha value is -1.60. The lowest BCUT2D eigenvalue weighted by Crippen LogP contribution is -2.26. The Labute approximate surface area is 115 Å². The smallest absolute Gasteiger partial charge is 0.326 e. The lowest BCUT2D eigenvalue weighted by atomic mass is 10.1. The van der Waals surface area contributed by atoms with E-state index in [0.29, 0.717) is 5.16 Å². The number of nitrogens with zero attached hydrogens (tertiary/aromatic N) is 3. The summed E-state index contributed by atoms with van der Waals surface area (Å²) < 4.78 is 1.48. The zero-order valence-electron chi connectivity index (χ0n) is 10.9. The fraction of sp³-hybridized carbons (Fsp3) is 0.417. The maximum absolute atomic E-state index is 11.4. The highest BCUT2D eigenvalue weighted by Gasteiger charge is 2.22. The average molecular weight is 279 g/mol. The van der Waals surface area contributed by atoms with Crippen molar-refractivity contribution in [2.45, 2.75) is 29.8 Å². The quantitative estimate of drug-likeness (QED) is 0.799. The molecule has 7 heteroatoms. The van der Waals surface area contributed by atoms with Crippen LogP contribution in [-0.4, -0.2) is 25.8 Å². The minimum absolute atomic E-state index is 0.0209. The number of aromatic nitrogens is 4. The first-order chi connectivity index (χ1) is 9.13. The molecule has 0 saturated carbocycles. The Morgan fingerprint density at radius 3 is 2.89 bits per heavy atom. The maximum Gasteiger partial charge on any atom is 0.343 e. The van der Waals surface area contributed by atoms with Gasteiger partial charge >= 0.3 is 5.69 Å². The first-order valence-corrected chi connectivity index (χ1v) is 6.95. The van der Waals surface area contributed by atoms with E-state index in [1.165, 1.54) is 16.3 Å². The largest absolute Gasteiger partial charge is 0.343 e. The molecule has 6 nitrogen and oxygen atoms in total. The highest BCUT2D eigenvalue weighted by molar-refractivity contribution is 7.99. The van der Waals surface area contributed by atoms with Crippen LogP contribution in [0.3, 0.4) is 0 Å². The summed E-state index contributed by atoms with van der Waals surface area (Å²) in [7, 11) is 1.69. The summed E-state index contributed by atoms with van der Waals surface area (Å²) in [6.07, 6.45) is 4.37. The van der Waals surface area contributed by atoms with Gasteiger partial charge in [0.2, 0.25) is 0 Å². The summed E-state index contributed by atoms with van der Waals surface area (Å²) in [4.78, 5) is 15.5. The van der Waals surface area contributed by atoms with E-state index in [-0.39, 0.29) is 17.0 Å². The molecule has 0 aliphatic rings. The van der Waals surface area contributed by atoms with Gasteiger partial charge in [0.25, 0.3) is 0 Å². The summed E-state index contributed by atoms with van der Waals surface area (Å²) in [5.41, 5.74) is 6.99. The Kier molecular flexibility index (Phi) is 4.39. The third-order valence-electron chi connectivity index (χ3n) is 2.94. The SMILES string of the molecule is CCC(N)C(Sc1n[nH]c(=O)n1C)c1cccnc1. The van der Waals surface area contributed by atoms with Gasteiger partial charge in [0.05, 0.1) is 5.25 Å². The van der Waals surface area contributed by atoms with Crippen molar-refractivity contribution in [3.05, 3.63) is 40.6 Å². The van der Waals surface area contributed by atoms with Crippen molar-refractivity contribution in [3.63, 3.8) is 0 Å². The molecule has 0 aliphatic carbocycles. The van der Waals surface area contributed by atoms with Gasteiger partial charge in [-0.1, -0.05) is 24.8 Å². The summed E-state index contributed by atoms with van der Waals surface area (Å²) in [6, 6.07) is 3.85. The molecule has 3 N–H and O–H groups in total. The number of H-pyrrole nitrogens is 1. The van der Waals surface area contributed by atoms with Gasteiger partial charge in [-0.15, -0.1) is 5.10 Å². The van der Waals surface area contributed by atoms with Crippen LogP contribution in [0.1, 0.15) is 24.2 Å². The zero-order chi connectivity index (χ0) is 13.8. The van der Waals surface area contributed by atoms with Crippen molar-refractivity contribution in [3.8, 4) is 0 Å². The number of hydrogen-bond donors (Lipinski definition) is 2. The van der Waals surface area contributed by atoms with Crippen LogP contribution in [0.4, 0.5) is 0 Å². The van der Waals surface area contributed by atoms with E-state index in [0.717, 1.165) is 12.0 Å². The normalized spacial score (nSPS) is 14.3. The zero-order valence-corrected chi connectivity index (χ0v) is 11.7. The van der Waals surface area contributed by atoms with E-state index in [1.54, 1.807) is 19.4 Å². The van der Waals surface area contributed by atoms with Crippen LogP contribution in [0.25, 0.3) is 0 Å². The number of nitrogens with one attached hydrogen (secondary N) is 1. The van der Waals surface area contributed by atoms with E-state index >= 15 is 0 Å². The second kappa shape index (κ2) is 6.03. The first kappa shape index (κ1) is 13.8. The molecule has 102 valence electrons. The molecule has 0 amide bonds. The van der Waals surface area contributed by atoms with Gasteiger partial charge in [-0.05, 0) is 18.1 Å². The molecule has 0 saturated heterocycles. The summed E-state index contributed by atoms with van der Waals surface area (Å²) in [6.45, 7) is 2.04. The van der Waals surface area contributed by atoms with Crippen molar-refractivity contribution >= 4 is 11.8 Å². The molecule has 0 radical (unpaired) electrons. The second-order valence-corrected chi connectivity index (χ2v) is 5.38. The number of aromatic amines is 1. The van der Waals surface area contributed by atoms with E-state index in [4.69, 9.17) is 5.73 Å². The predicted octanol–water partition coefficient (Wildman–Crippen LogP) is 1.07. The third-order valence-corrected chi connectivity index (χ3v) is 4.40. The monoisotopic (exact) mass is 279 g/mol. The highest BCUT2D eigenvalue weighted by Crippen LogP contribution is 2.35. The maximum atomic E-state index is 11.4. The van der Waals surface area contributed by atoms with Crippen molar-refractivity contribution in [2.75, 3.05) is 0 Å². The number of hydrogen-bond acceptors (Lipinski definition) is 5. The molecular formula is C12H17N5OS. The number of nitrogens with two attached hydrogens (primary N) is 1. The molecule has 0 fully saturated rings. The van der Waals surface area contributed by atoms with Gasteiger partial charge in [-0.3, -0.25) is 9.55 Å². The Balaban J connectivity index is 2.29. The number of rotatable bonds is 5. The molecule has 2 unspecified atom stereocenters. The molecule has 19 heavy (non-hydrogen) atoms. The van der Waals surface area contributed by atoms with E-state index in [1.807, 2.05) is 19.1 Å². The first-order valence-electron chi connectivity index (χ1n) is 6.07. The van der Waals surface area contributed by atoms with Crippen molar-refractivity contribution in [1.82, 2.24) is 19.7 Å². The second-order valence-electron chi connectivity index (χ2n) is 4.27. The average Bonchev–Trinajstić information content (AvgIpc) is 2.76. The molecule has 0 aliphatic heterocycles. The van der Waals surface area contributed by atoms with Gasteiger partial charge in [0.15, 0.2) is 5.16 Å². The molecule has 2 aromatic rings. The summed E-state index contributed by atoms with van der Waals surface area (Å²) in [5, 5.41) is 7.09. The molecule has 2 atom stereocenters. The van der Waals surface area contributed by atoms with Crippen LogP contribution in [0, 0.1) is 0 Å².